The van der Waals surface area contributed by atoms with Crippen molar-refractivity contribution < 1.29 is 28.6 Å². The van der Waals surface area contributed by atoms with Crippen LogP contribution in [0, 0.1) is 0 Å². The SMILES string of the molecule is CCCCC/C=C\C/C=C\CCCCCCCCCCCC(=O)OCC(COC(=O)CCCCCCCCCCCCCCCCCCCCCCCCC)OC(=O)CCCCCCCCCCC/C=C\CCCCCCCCCC. The van der Waals surface area contributed by atoms with Gasteiger partial charge in [0.15, 0.2) is 6.10 Å². The van der Waals surface area contributed by atoms with Gasteiger partial charge in [0.05, 0.1) is 0 Å². The first-order valence-corrected chi connectivity index (χ1v) is 36.5. The lowest BCUT2D eigenvalue weighted by molar-refractivity contribution is -0.167. The summed E-state index contributed by atoms with van der Waals surface area (Å²) in [5.74, 6) is -0.844. The van der Waals surface area contributed by atoms with Crippen molar-refractivity contribution in [3.63, 3.8) is 0 Å². The molecule has 1 atom stereocenters. The smallest absolute Gasteiger partial charge is 0.306 e. The van der Waals surface area contributed by atoms with Gasteiger partial charge >= 0.3 is 17.9 Å². The summed E-state index contributed by atoms with van der Waals surface area (Å²) < 4.78 is 17.0. The number of carbonyl (C=O) groups is 3. The Balaban J connectivity index is 4.31. The number of hydrogen-bond donors (Lipinski definition) is 0. The number of esters is 3. The van der Waals surface area contributed by atoms with Gasteiger partial charge in [0.1, 0.15) is 13.2 Å². The molecule has 0 bridgehead atoms. The summed E-state index contributed by atoms with van der Waals surface area (Å²) >= 11 is 0. The van der Waals surface area contributed by atoms with E-state index >= 15 is 0 Å². The van der Waals surface area contributed by atoms with Crippen LogP contribution in [0.15, 0.2) is 36.5 Å². The summed E-state index contributed by atoms with van der Waals surface area (Å²) in [6, 6.07) is 0. The van der Waals surface area contributed by atoms with Crippen molar-refractivity contribution in [2.24, 2.45) is 0 Å². The van der Waals surface area contributed by atoms with Gasteiger partial charge in [0.25, 0.3) is 0 Å². The molecule has 0 aromatic rings. The van der Waals surface area contributed by atoms with Crippen molar-refractivity contribution in [2.45, 2.75) is 412 Å². The molecule has 0 saturated heterocycles. The molecule has 6 nitrogen and oxygen atoms in total. The zero-order chi connectivity index (χ0) is 58.5. The van der Waals surface area contributed by atoms with Crippen LogP contribution in [0.3, 0.4) is 0 Å². The van der Waals surface area contributed by atoms with Crippen LogP contribution < -0.4 is 0 Å². The molecule has 0 aliphatic carbocycles. The summed E-state index contributed by atoms with van der Waals surface area (Å²) in [6.07, 6.45) is 87.4. The number of carbonyl (C=O) groups excluding carboxylic acids is 3. The molecule has 0 saturated carbocycles. The first-order valence-electron chi connectivity index (χ1n) is 36.5. The van der Waals surface area contributed by atoms with E-state index in [2.05, 4.69) is 57.2 Å². The van der Waals surface area contributed by atoms with E-state index in [1.54, 1.807) is 0 Å². The predicted molar refractivity (Wildman–Crippen MR) is 353 cm³/mol. The molecule has 0 N–H and O–H groups in total. The standard InChI is InChI=1S/C75H140O6/c1-4-7-10-13-16-19-22-25-28-31-34-36-37-39-41-44-47-50-53-56-59-62-65-68-74(77)80-71-72(70-79-73(76)67-64-61-58-55-52-49-46-43-40-33-30-27-24-21-18-15-12-9-6-3)81-75(78)69-66-63-60-57-54-51-48-45-42-38-35-32-29-26-23-20-17-14-11-8-5-2/h18,21,27,30,32,35,72H,4-17,19-20,22-26,28-29,31,33-34,36-71H2,1-3H3/b21-18-,30-27-,35-32-. The van der Waals surface area contributed by atoms with Gasteiger partial charge in [0.2, 0.25) is 0 Å². The fourth-order valence-corrected chi connectivity index (χ4v) is 11.1. The maximum absolute atomic E-state index is 13.0. The van der Waals surface area contributed by atoms with E-state index in [0.717, 1.165) is 64.2 Å². The van der Waals surface area contributed by atoms with Gasteiger partial charge in [-0.25, -0.2) is 0 Å². The highest BCUT2D eigenvalue weighted by atomic mass is 16.6. The van der Waals surface area contributed by atoms with Crippen molar-refractivity contribution in [2.75, 3.05) is 13.2 Å². The molecule has 1 unspecified atom stereocenters. The molecule has 6 heteroatoms. The summed E-state index contributed by atoms with van der Waals surface area (Å²) in [4.78, 5) is 38.5. The number of unbranched alkanes of at least 4 members (excludes halogenated alkanes) is 51. The number of hydrogen-bond acceptors (Lipinski definition) is 6. The summed E-state index contributed by atoms with van der Waals surface area (Å²) in [6.45, 7) is 6.70. The van der Waals surface area contributed by atoms with Gasteiger partial charge in [-0.15, -0.1) is 0 Å². The van der Waals surface area contributed by atoms with Crippen LogP contribution in [0.2, 0.25) is 0 Å². The first kappa shape index (κ1) is 78.6. The molecule has 0 spiro atoms. The van der Waals surface area contributed by atoms with Crippen LogP contribution in [0.1, 0.15) is 406 Å². The van der Waals surface area contributed by atoms with Gasteiger partial charge in [0, 0.05) is 19.3 Å². The zero-order valence-corrected chi connectivity index (χ0v) is 54.8. The Hall–Kier alpha value is -2.37. The highest BCUT2D eigenvalue weighted by Gasteiger charge is 2.19. The van der Waals surface area contributed by atoms with Crippen LogP contribution in [-0.2, 0) is 28.6 Å². The Morgan fingerprint density at radius 3 is 0.716 bits per heavy atom. The lowest BCUT2D eigenvalue weighted by Crippen LogP contribution is -2.30. The van der Waals surface area contributed by atoms with Crippen LogP contribution in [-0.4, -0.2) is 37.2 Å². The number of rotatable bonds is 68. The molecule has 0 aromatic carbocycles. The van der Waals surface area contributed by atoms with E-state index in [4.69, 9.17) is 14.2 Å². The second-order valence-electron chi connectivity index (χ2n) is 24.9. The van der Waals surface area contributed by atoms with Gasteiger partial charge in [-0.3, -0.25) is 14.4 Å². The van der Waals surface area contributed by atoms with Crippen LogP contribution in [0.5, 0.6) is 0 Å². The fourth-order valence-electron chi connectivity index (χ4n) is 11.1. The molecule has 0 aliphatic heterocycles. The molecule has 0 fully saturated rings. The minimum Gasteiger partial charge on any atom is -0.462 e. The molecule has 0 amide bonds. The van der Waals surface area contributed by atoms with Gasteiger partial charge in [-0.2, -0.15) is 0 Å². The highest BCUT2D eigenvalue weighted by Crippen LogP contribution is 2.19. The van der Waals surface area contributed by atoms with Crippen LogP contribution in [0.25, 0.3) is 0 Å². The molecule has 81 heavy (non-hydrogen) atoms. The minimum absolute atomic E-state index is 0.0691. The molecule has 476 valence electrons. The van der Waals surface area contributed by atoms with Crippen molar-refractivity contribution >= 4 is 17.9 Å². The average molecular weight is 1140 g/mol. The molecule has 0 heterocycles. The average Bonchev–Trinajstić information content (AvgIpc) is 3.47. The Kier molecular flexibility index (Phi) is 68.1. The van der Waals surface area contributed by atoms with E-state index < -0.39 is 6.10 Å². The first-order chi connectivity index (χ1) is 40.0. The van der Waals surface area contributed by atoms with Gasteiger partial charge < -0.3 is 14.2 Å². The third-order valence-corrected chi connectivity index (χ3v) is 16.6. The summed E-state index contributed by atoms with van der Waals surface area (Å²) in [7, 11) is 0. The van der Waals surface area contributed by atoms with Crippen LogP contribution in [0.4, 0.5) is 0 Å². The molecule has 0 rings (SSSR count). The third kappa shape index (κ3) is 68.3. The lowest BCUT2D eigenvalue weighted by atomic mass is 10.0. The molecular weight excluding hydrogens is 997 g/mol. The predicted octanol–water partition coefficient (Wildman–Crippen LogP) is 25.1. The van der Waals surface area contributed by atoms with Crippen molar-refractivity contribution in [1.82, 2.24) is 0 Å². The fraction of sp³-hybridized carbons (Fsp3) is 0.880. The van der Waals surface area contributed by atoms with Gasteiger partial charge in [-0.05, 0) is 77.0 Å². The van der Waals surface area contributed by atoms with Crippen molar-refractivity contribution in [3.05, 3.63) is 36.5 Å². The Labute approximate surface area is 506 Å². The molecule has 0 aromatic heterocycles. The molecule has 0 radical (unpaired) electrons. The van der Waals surface area contributed by atoms with E-state index in [1.165, 1.54) is 302 Å². The highest BCUT2D eigenvalue weighted by molar-refractivity contribution is 5.71. The Morgan fingerprint density at radius 2 is 0.444 bits per heavy atom. The van der Waals surface area contributed by atoms with E-state index in [0.29, 0.717) is 19.3 Å². The Morgan fingerprint density at radius 1 is 0.247 bits per heavy atom. The van der Waals surface area contributed by atoms with E-state index in [9.17, 15) is 14.4 Å². The monoisotopic (exact) mass is 1140 g/mol. The zero-order valence-electron chi connectivity index (χ0n) is 54.8. The molecular formula is C75H140O6. The largest absolute Gasteiger partial charge is 0.462 e. The lowest BCUT2D eigenvalue weighted by Gasteiger charge is -2.18. The molecule has 0 aliphatic rings. The quantitative estimate of drug-likeness (QED) is 0.0261. The van der Waals surface area contributed by atoms with E-state index in [1.807, 2.05) is 0 Å². The Bertz CT molecular complexity index is 1350. The van der Waals surface area contributed by atoms with Crippen molar-refractivity contribution in [1.29, 1.82) is 0 Å². The second kappa shape index (κ2) is 70.1. The second-order valence-corrected chi connectivity index (χ2v) is 24.9. The number of ether oxygens (including phenoxy) is 3. The maximum atomic E-state index is 13.0. The summed E-state index contributed by atoms with van der Waals surface area (Å²) in [5.41, 5.74) is 0. The van der Waals surface area contributed by atoms with E-state index in [-0.39, 0.29) is 31.1 Å². The maximum Gasteiger partial charge on any atom is 0.306 e. The third-order valence-electron chi connectivity index (χ3n) is 16.6. The topological polar surface area (TPSA) is 78.9 Å². The summed E-state index contributed by atoms with van der Waals surface area (Å²) in [5, 5.41) is 0. The minimum atomic E-state index is -0.775. The van der Waals surface area contributed by atoms with Crippen LogP contribution >= 0.6 is 0 Å². The number of allylic oxidation sites excluding steroid dienone is 6. The normalized spacial score (nSPS) is 12.2. The van der Waals surface area contributed by atoms with Crippen molar-refractivity contribution in [3.8, 4) is 0 Å². The van der Waals surface area contributed by atoms with Gasteiger partial charge in [-0.1, -0.05) is 346 Å².